The Morgan fingerprint density at radius 1 is 1.17 bits per heavy atom. The van der Waals surface area contributed by atoms with Crippen molar-refractivity contribution in [3.63, 3.8) is 0 Å². The average molecular weight is 335 g/mol. The van der Waals surface area contributed by atoms with Crippen molar-refractivity contribution in [3.8, 4) is 0 Å². The van der Waals surface area contributed by atoms with Gasteiger partial charge in [-0.3, -0.25) is 14.4 Å². The summed E-state index contributed by atoms with van der Waals surface area (Å²) in [6, 6.07) is 0. The maximum Gasteiger partial charge on any atom is 0.335 e. The molecule has 2 bridgehead atoms. The van der Waals surface area contributed by atoms with Gasteiger partial charge >= 0.3 is 5.97 Å². The molecule has 3 unspecified atom stereocenters. The smallest absolute Gasteiger partial charge is 0.335 e. The zero-order chi connectivity index (χ0) is 17.1. The summed E-state index contributed by atoms with van der Waals surface area (Å²) in [5.41, 5.74) is 0. The highest BCUT2D eigenvalue weighted by Gasteiger charge is 2.33. The van der Waals surface area contributed by atoms with Crippen molar-refractivity contribution < 1.29 is 24.0 Å². The van der Waals surface area contributed by atoms with Crippen LogP contribution >= 0.6 is 0 Å². The predicted molar refractivity (Wildman–Crippen MR) is 85.3 cm³/mol. The van der Waals surface area contributed by atoms with Crippen molar-refractivity contribution in [2.45, 2.75) is 58.0 Å². The van der Waals surface area contributed by atoms with E-state index in [-0.39, 0.29) is 6.10 Å². The molecule has 0 aromatic rings. The van der Waals surface area contributed by atoms with Crippen LogP contribution in [0.1, 0.15) is 51.9 Å². The number of carbonyl (C=O) groups excluding carboxylic acids is 3. The van der Waals surface area contributed by atoms with E-state index in [0.717, 1.165) is 30.4 Å². The molecule has 2 amide bonds. The van der Waals surface area contributed by atoms with Crippen LogP contribution in [0.4, 0.5) is 0 Å². The second-order valence-corrected chi connectivity index (χ2v) is 7.35. The van der Waals surface area contributed by atoms with Crippen LogP contribution in [0.5, 0.6) is 0 Å². The van der Waals surface area contributed by atoms with E-state index in [1.807, 2.05) is 6.92 Å². The number of nitrogens with zero attached hydrogens (tertiary/aromatic N) is 1. The Bertz CT molecular complexity index is 514. The minimum Gasteiger partial charge on any atom is -0.461 e. The molecule has 0 radical (unpaired) electrons. The molecule has 1 heterocycles. The van der Waals surface area contributed by atoms with Gasteiger partial charge in [-0.2, -0.15) is 0 Å². The van der Waals surface area contributed by atoms with E-state index in [2.05, 4.69) is 0 Å². The van der Waals surface area contributed by atoms with E-state index in [4.69, 9.17) is 9.57 Å². The fraction of sp³-hybridized carbons (Fsp3) is 0.722. The number of hydroxylamine groups is 2. The lowest BCUT2D eigenvalue weighted by molar-refractivity contribution is -0.193. The molecule has 2 saturated carbocycles. The van der Waals surface area contributed by atoms with Crippen LogP contribution in [0, 0.1) is 17.8 Å². The second kappa shape index (κ2) is 7.47. The van der Waals surface area contributed by atoms with Gasteiger partial charge in [-0.1, -0.05) is 19.3 Å². The third-order valence-electron chi connectivity index (χ3n) is 5.30. The van der Waals surface area contributed by atoms with Crippen molar-refractivity contribution in [3.05, 3.63) is 12.2 Å². The largest absolute Gasteiger partial charge is 0.461 e. The molecule has 0 N–H and O–H groups in total. The molecular formula is C18H25NO5. The van der Waals surface area contributed by atoms with E-state index >= 15 is 0 Å². The first-order valence-corrected chi connectivity index (χ1v) is 8.89. The molecule has 3 rings (SSSR count). The summed E-state index contributed by atoms with van der Waals surface area (Å²) in [7, 11) is 0. The van der Waals surface area contributed by atoms with Crippen molar-refractivity contribution >= 4 is 17.8 Å². The number of imide groups is 1. The Labute approximate surface area is 142 Å². The number of amides is 2. The third-order valence-corrected chi connectivity index (χ3v) is 5.30. The average Bonchev–Trinajstić information content (AvgIpc) is 2.83. The molecular weight excluding hydrogens is 310 g/mol. The lowest BCUT2D eigenvalue weighted by Crippen LogP contribution is -2.34. The first-order valence-electron chi connectivity index (χ1n) is 8.89. The van der Waals surface area contributed by atoms with Gasteiger partial charge in [-0.25, -0.2) is 4.79 Å². The summed E-state index contributed by atoms with van der Waals surface area (Å²) < 4.78 is 5.37. The number of hydrogen-bond donors (Lipinski definition) is 0. The highest BCUT2D eigenvalue weighted by Crippen LogP contribution is 2.43. The molecule has 0 saturated heterocycles. The summed E-state index contributed by atoms with van der Waals surface area (Å²) in [4.78, 5) is 39.4. The van der Waals surface area contributed by atoms with Gasteiger partial charge in [-0.15, -0.1) is 5.06 Å². The summed E-state index contributed by atoms with van der Waals surface area (Å²) in [6.45, 7) is 1.47. The highest BCUT2D eigenvalue weighted by molar-refractivity contribution is 6.11. The van der Waals surface area contributed by atoms with E-state index in [1.165, 1.54) is 38.5 Å². The molecule has 0 aromatic carbocycles. The molecule has 3 atom stereocenters. The minimum absolute atomic E-state index is 0.173. The normalized spacial score (nSPS) is 30.5. The van der Waals surface area contributed by atoms with Crippen molar-refractivity contribution in [1.82, 2.24) is 5.06 Å². The molecule has 24 heavy (non-hydrogen) atoms. The number of fused-ring (bicyclic) bond motifs is 2. The Morgan fingerprint density at radius 2 is 1.79 bits per heavy atom. The molecule has 6 nitrogen and oxygen atoms in total. The number of esters is 1. The standard InChI is InChI=1S/C18H25NO5/c1-12(7-15-9-13-3-2-4-14(8-13)10-15)24-18(22)11-23-19-16(20)5-6-17(19)21/h5-6,12-15H,2-4,7-11H2,1H3. The molecule has 0 aromatic heterocycles. The fourth-order valence-electron chi connectivity index (χ4n) is 4.47. The first-order chi connectivity index (χ1) is 11.5. The number of ether oxygens (including phenoxy) is 1. The van der Waals surface area contributed by atoms with Crippen LogP contribution in [0.2, 0.25) is 0 Å². The van der Waals surface area contributed by atoms with Crippen LogP contribution < -0.4 is 0 Å². The molecule has 1 aliphatic heterocycles. The number of carbonyl (C=O) groups is 3. The highest BCUT2D eigenvalue weighted by atomic mass is 16.7. The Morgan fingerprint density at radius 3 is 2.42 bits per heavy atom. The predicted octanol–water partition coefficient (Wildman–Crippen LogP) is 2.38. The fourth-order valence-corrected chi connectivity index (χ4v) is 4.47. The van der Waals surface area contributed by atoms with E-state index in [0.29, 0.717) is 11.0 Å². The molecule has 132 valence electrons. The SMILES string of the molecule is CC(CC1CC2CCCC(C2)C1)OC(=O)CON1C(=O)C=CC1=O. The lowest BCUT2D eigenvalue weighted by atomic mass is 9.67. The Hall–Kier alpha value is -1.69. The summed E-state index contributed by atoms with van der Waals surface area (Å²) >= 11 is 0. The third kappa shape index (κ3) is 4.23. The first kappa shape index (κ1) is 17.1. The summed E-state index contributed by atoms with van der Waals surface area (Å²) in [5, 5.41) is 0.578. The minimum atomic E-state index is -0.574. The van der Waals surface area contributed by atoms with E-state index in [9.17, 15) is 14.4 Å². The maximum atomic E-state index is 11.8. The van der Waals surface area contributed by atoms with E-state index in [1.54, 1.807) is 0 Å². The van der Waals surface area contributed by atoms with Gasteiger partial charge in [0, 0.05) is 12.2 Å². The van der Waals surface area contributed by atoms with Gasteiger partial charge < -0.3 is 4.74 Å². The van der Waals surface area contributed by atoms with Crippen LogP contribution in [-0.2, 0) is 24.0 Å². The summed E-state index contributed by atoms with van der Waals surface area (Å²) in [6.07, 6.45) is 10.9. The van der Waals surface area contributed by atoms with Gasteiger partial charge in [-0.05, 0) is 50.4 Å². The van der Waals surface area contributed by atoms with Crippen LogP contribution in [0.25, 0.3) is 0 Å². The van der Waals surface area contributed by atoms with Crippen molar-refractivity contribution in [2.24, 2.45) is 17.8 Å². The van der Waals surface area contributed by atoms with Crippen LogP contribution in [0.15, 0.2) is 12.2 Å². The van der Waals surface area contributed by atoms with Gasteiger partial charge in [0.1, 0.15) is 0 Å². The zero-order valence-corrected chi connectivity index (χ0v) is 14.1. The van der Waals surface area contributed by atoms with Gasteiger partial charge in [0.2, 0.25) is 0 Å². The Balaban J connectivity index is 1.38. The molecule has 2 fully saturated rings. The Kier molecular flexibility index (Phi) is 5.33. The van der Waals surface area contributed by atoms with Gasteiger partial charge in [0.25, 0.3) is 11.8 Å². The molecule has 6 heteroatoms. The lowest BCUT2D eigenvalue weighted by Gasteiger charge is -2.39. The van der Waals surface area contributed by atoms with Crippen LogP contribution in [-0.4, -0.2) is 35.6 Å². The summed E-state index contributed by atoms with van der Waals surface area (Å²) in [5.74, 6) is 0.640. The topological polar surface area (TPSA) is 72.9 Å². The second-order valence-electron chi connectivity index (χ2n) is 7.35. The maximum absolute atomic E-state index is 11.8. The molecule has 2 aliphatic carbocycles. The van der Waals surface area contributed by atoms with E-state index < -0.39 is 24.4 Å². The number of hydrogen-bond acceptors (Lipinski definition) is 5. The quantitative estimate of drug-likeness (QED) is 0.550. The number of rotatable bonds is 6. The monoisotopic (exact) mass is 335 g/mol. The van der Waals surface area contributed by atoms with Crippen molar-refractivity contribution in [1.29, 1.82) is 0 Å². The van der Waals surface area contributed by atoms with Crippen LogP contribution in [0.3, 0.4) is 0 Å². The van der Waals surface area contributed by atoms with Gasteiger partial charge in [0.05, 0.1) is 6.10 Å². The molecule has 0 spiro atoms. The van der Waals surface area contributed by atoms with Gasteiger partial charge in [0.15, 0.2) is 6.61 Å². The zero-order valence-electron chi connectivity index (χ0n) is 14.1. The molecule has 3 aliphatic rings. The van der Waals surface area contributed by atoms with Crippen molar-refractivity contribution in [2.75, 3.05) is 6.61 Å².